The number of rotatable bonds is 5. The number of nitrogens with two attached hydrogens (primary N) is 1. The number of nitrogen functional groups attached to an aromatic ring is 1. The van der Waals surface area contributed by atoms with E-state index in [1.807, 2.05) is 0 Å². The molecule has 0 aliphatic carbocycles. The van der Waals surface area contributed by atoms with Crippen LogP contribution in [0.4, 0.5) is 11.5 Å². The number of aromatic nitrogens is 1. The van der Waals surface area contributed by atoms with Gasteiger partial charge in [0.15, 0.2) is 5.82 Å². The lowest BCUT2D eigenvalue weighted by Gasteiger charge is -2.15. The van der Waals surface area contributed by atoms with Crippen LogP contribution in [0.3, 0.4) is 0 Å². The molecule has 0 saturated heterocycles. The lowest BCUT2D eigenvalue weighted by molar-refractivity contribution is 0.398. The van der Waals surface area contributed by atoms with Crippen molar-refractivity contribution in [3.05, 3.63) is 12.1 Å². The fourth-order valence-corrected chi connectivity index (χ4v) is 2.40. The second-order valence-corrected chi connectivity index (χ2v) is 6.11. The molecule has 0 amide bonds. The van der Waals surface area contributed by atoms with Crippen molar-refractivity contribution in [2.75, 3.05) is 30.2 Å². The van der Waals surface area contributed by atoms with Crippen LogP contribution in [-0.2, 0) is 9.84 Å². The van der Waals surface area contributed by atoms with Gasteiger partial charge in [0.1, 0.15) is 9.84 Å². The van der Waals surface area contributed by atoms with Crippen molar-refractivity contribution in [3.8, 4) is 5.88 Å². The van der Waals surface area contributed by atoms with Gasteiger partial charge in [-0.1, -0.05) is 0 Å². The Balaban J connectivity index is 2.80. The lowest BCUT2D eigenvalue weighted by Crippen LogP contribution is -2.26. The molecule has 1 aromatic heterocycles. The van der Waals surface area contributed by atoms with Crippen LogP contribution in [0, 0.1) is 0 Å². The van der Waals surface area contributed by atoms with Gasteiger partial charge < -0.3 is 15.8 Å². The highest BCUT2D eigenvalue weighted by Gasteiger charge is 2.12. The van der Waals surface area contributed by atoms with E-state index in [2.05, 4.69) is 10.3 Å². The fourth-order valence-electron chi connectivity index (χ4n) is 1.41. The molecule has 96 valence electrons. The van der Waals surface area contributed by atoms with E-state index in [1.54, 1.807) is 19.1 Å². The average Bonchev–Trinajstić information content (AvgIpc) is 2.18. The Morgan fingerprint density at radius 3 is 2.71 bits per heavy atom. The van der Waals surface area contributed by atoms with E-state index in [9.17, 15) is 8.42 Å². The third-order valence-corrected chi connectivity index (χ3v) is 3.15. The molecule has 1 heterocycles. The summed E-state index contributed by atoms with van der Waals surface area (Å²) in [5.74, 6) is 0.875. The van der Waals surface area contributed by atoms with Gasteiger partial charge >= 0.3 is 0 Å². The summed E-state index contributed by atoms with van der Waals surface area (Å²) in [5.41, 5.74) is 6.18. The standard InChI is InChI=1S/C10H17N3O3S/c1-7(6-17(3,14)15)12-10-8(11)4-5-9(13-10)16-2/h4-5,7H,6,11H2,1-3H3,(H,12,13). The minimum Gasteiger partial charge on any atom is -0.481 e. The maximum Gasteiger partial charge on any atom is 0.215 e. The lowest BCUT2D eigenvalue weighted by atomic mass is 10.3. The van der Waals surface area contributed by atoms with E-state index < -0.39 is 9.84 Å². The number of nitrogens with one attached hydrogen (secondary N) is 1. The normalized spacial score (nSPS) is 13.1. The van der Waals surface area contributed by atoms with E-state index >= 15 is 0 Å². The molecule has 0 radical (unpaired) electrons. The molecule has 1 aromatic rings. The second kappa shape index (κ2) is 5.22. The zero-order valence-electron chi connectivity index (χ0n) is 10.1. The number of hydrogen-bond donors (Lipinski definition) is 2. The number of nitrogens with zero attached hydrogens (tertiary/aromatic N) is 1. The molecule has 0 spiro atoms. The van der Waals surface area contributed by atoms with Crippen LogP contribution in [0.15, 0.2) is 12.1 Å². The quantitative estimate of drug-likeness (QED) is 0.800. The molecule has 1 rings (SSSR count). The first-order valence-corrected chi connectivity index (χ1v) is 7.12. The first kappa shape index (κ1) is 13.6. The Hall–Kier alpha value is -1.50. The molecule has 7 heteroatoms. The average molecular weight is 259 g/mol. The molecule has 0 fully saturated rings. The van der Waals surface area contributed by atoms with E-state index in [0.29, 0.717) is 17.4 Å². The zero-order valence-corrected chi connectivity index (χ0v) is 10.9. The van der Waals surface area contributed by atoms with Crippen molar-refractivity contribution in [2.24, 2.45) is 0 Å². The van der Waals surface area contributed by atoms with Gasteiger partial charge in [0.25, 0.3) is 0 Å². The molecule has 1 unspecified atom stereocenters. The minimum absolute atomic E-state index is 0.0192. The van der Waals surface area contributed by atoms with Crippen LogP contribution >= 0.6 is 0 Å². The van der Waals surface area contributed by atoms with Crippen LogP contribution in [0.2, 0.25) is 0 Å². The summed E-state index contributed by atoms with van der Waals surface area (Å²) in [4.78, 5) is 4.11. The predicted molar refractivity (Wildman–Crippen MR) is 68.0 cm³/mol. The first-order chi connectivity index (χ1) is 7.81. The number of sulfone groups is 1. The monoisotopic (exact) mass is 259 g/mol. The van der Waals surface area contributed by atoms with Gasteiger partial charge in [0.2, 0.25) is 5.88 Å². The zero-order chi connectivity index (χ0) is 13.1. The van der Waals surface area contributed by atoms with Gasteiger partial charge in [-0.05, 0) is 13.0 Å². The Labute approximate surface area is 101 Å². The van der Waals surface area contributed by atoms with Crippen molar-refractivity contribution in [1.82, 2.24) is 4.98 Å². The SMILES string of the molecule is COc1ccc(N)c(NC(C)CS(C)(=O)=O)n1. The van der Waals surface area contributed by atoms with Crippen molar-refractivity contribution in [2.45, 2.75) is 13.0 Å². The summed E-state index contributed by atoms with van der Waals surface area (Å²) in [7, 11) is -1.53. The molecule has 0 saturated carbocycles. The number of methoxy groups -OCH3 is 1. The highest BCUT2D eigenvalue weighted by Crippen LogP contribution is 2.20. The van der Waals surface area contributed by atoms with Gasteiger partial charge in [-0.2, -0.15) is 4.98 Å². The van der Waals surface area contributed by atoms with Gasteiger partial charge in [0, 0.05) is 18.4 Å². The van der Waals surface area contributed by atoms with E-state index in [4.69, 9.17) is 10.5 Å². The topological polar surface area (TPSA) is 94.3 Å². The Morgan fingerprint density at radius 1 is 1.53 bits per heavy atom. The second-order valence-electron chi connectivity index (χ2n) is 3.93. The van der Waals surface area contributed by atoms with Gasteiger partial charge in [-0.3, -0.25) is 0 Å². The molecule has 3 N–H and O–H groups in total. The molecule has 0 aliphatic rings. The van der Waals surface area contributed by atoms with Gasteiger partial charge in [-0.25, -0.2) is 8.42 Å². The largest absolute Gasteiger partial charge is 0.481 e. The van der Waals surface area contributed by atoms with Crippen LogP contribution < -0.4 is 15.8 Å². The van der Waals surface area contributed by atoms with Crippen molar-refractivity contribution >= 4 is 21.3 Å². The summed E-state index contributed by atoms with van der Waals surface area (Å²) in [6, 6.07) is 3.02. The summed E-state index contributed by atoms with van der Waals surface area (Å²) < 4.78 is 27.2. The summed E-state index contributed by atoms with van der Waals surface area (Å²) in [6.07, 6.45) is 1.19. The fraction of sp³-hybridized carbons (Fsp3) is 0.500. The molecule has 0 aromatic carbocycles. The highest BCUT2D eigenvalue weighted by atomic mass is 32.2. The van der Waals surface area contributed by atoms with Crippen molar-refractivity contribution < 1.29 is 13.2 Å². The molecule has 0 bridgehead atoms. The molecule has 6 nitrogen and oxygen atoms in total. The van der Waals surface area contributed by atoms with Gasteiger partial charge in [0.05, 0.1) is 18.6 Å². The van der Waals surface area contributed by atoms with Crippen LogP contribution in [0.5, 0.6) is 5.88 Å². The molecular formula is C10H17N3O3S. The van der Waals surface area contributed by atoms with Gasteiger partial charge in [-0.15, -0.1) is 0 Å². The smallest absolute Gasteiger partial charge is 0.215 e. The van der Waals surface area contributed by atoms with E-state index in [1.165, 1.54) is 13.4 Å². The number of hydrogen-bond acceptors (Lipinski definition) is 6. The van der Waals surface area contributed by atoms with Crippen molar-refractivity contribution in [1.29, 1.82) is 0 Å². The maximum atomic E-state index is 11.1. The molecule has 0 aliphatic heterocycles. The maximum absolute atomic E-state index is 11.1. The van der Waals surface area contributed by atoms with Crippen LogP contribution in [0.1, 0.15) is 6.92 Å². The number of ether oxygens (including phenoxy) is 1. The van der Waals surface area contributed by atoms with Crippen molar-refractivity contribution in [3.63, 3.8) is 0 Å². The van der Waals surface area contributed by atoms with Crippen LogP contribution in [-0.4, -0.2) is 38.6 Å². The van der Waals surface area contributed by atoms with Crippen LogP contribution in [0.25, 0.3) is 0 Å². The third-order valence-electron chi connectivity index (χ3n) is 2.05. The third kappa shape index (κ3) is 4.48. The first-order valence-electron chi connectivity index (χ1n) is 5.06. The Morgan fingerprint density at radius 2 is 2.18 bits per heavy atom. The molecular weight excluding hydrogens is 242 g/mol. The Bertz CT molecular complexity index is 488. The summed E-state index contributed by atoms with van der Waals surface area (Å²) in [6.45, 7) is 1.75. The molecule has 1 atom stereocenters. The highest BCUT2D eigenvalue weighted by molar-refractivity contribution is 7.90. The number of pyridine rings is 1. The Kier molecular flexibility index (Phi) is 4.17. The minimum atomic E-state index is -3.03. The number of anilines is 2. The van der Waals surface area contributed by atoms with E-state index in [-0.39, 0.29) is 11.8 Å². The summed E-state index contributed by atoms with van der Waals surface area (Å²) in [5, 5.41) is 2.95. The predicted octanol–water partition coefficient (Wildman–Crippen LogP) is 0.517. The summed E-state index contributed by atoms with van der Waals surface area (Å²) >= 11 is 0. The molecule has 17 heavy (non-hydrogen) atoms. The van der Waals surface area contributed by atoms with E-state index in [0.717, 1.165) is 0 Å².